The van der Waals surface area contributed by atoms with E-state index in [9.17, 15) is 29.4 Å². The Hall–Kier alpha value is -0.740. The topological polar surface area (TPSA) is 205 Å². The number of hydrogen-bond acceptors (Lipinski definition) is 12. The van der Waals surface area contributed by atoms with Crippen LogP contribution in [0, 0.1) is 0 Å². The fraction of sp³-hybridized carbons (Fsp3) is 0.357. The van der Waals surface area contributed by atoms with Crippen LogP contribution in [0.25, 0.3) is 11.2 Å². The number of H-pyrrole nitrogens is 1. The summed E-state index contributed by atoms with van der Waals surface area (Å²) in [6.45, 7) is 0. The van der Waals surface area contributed by atoms with Crippen molar-refractivity contribution in [3.05, 3.63) is 41.5 Å². The molecule has 0 aliphatic carbocycles. The Bertz CT molecular complexity index is 1130. The molecular weight excluding hydrogens is 455 g/mol. The number of imidazole rings is 1. The van der Waals surface area contributed by atoms with Gasteiger partial charge in [-0.1, -0.05) is 7.60 Å². The maximum atomic E-state index is 11.9. The first-order valence-electron chi connectivity index (χ1n) is 8.24. The molecule has 2 unspecified atom stereocenters. The summed E-state index contributed by atoms with van der Waals surface area (Å²) in [5.74, 6) is -0.132. The number of ether oxygens (including phenoxy) is 1. The number of nitrogens with zero attached hydrogens (tertiary/aromatic N) is 6. The molecule has 0 aromatic carbocycles. The second-order valence-electron chi connectivity index (χ2n) is 6.20. The second kappa shape index (κ2) is 10.5. The first-order valence-corrected chi connectivity index (χ1v) is 9.97. The van der Waals surface area contributed by atoms with Crippen LogP contribution in [0.1, 0.15) is 6.23 Å². The van der Waals surface area contributed by atoms with Gasteiger partial charge in [0, 0.05) is 18.6 Å². The van der Waals surface area contributed by atoms with Gasteiger partial charge in [-0.25, -0.2) is 19.9 Å². The van der Waals surface area contributed by atoms with Crippen molar-refractivity contribution in [2.45, 2.75) is 24.8 Å². The summed E-state index contributed by atoms with van der Waals surface area (Å²) in [5, 5.41) is 21.4. The molecule has 4 heterocycles. The van der Waals surface area contributed by atoms with Gasteiger partial charge in [0.25, 0.3) is 5.56 Å². The Morgan fingerprint density at radius 3 is 2.45 bits per heavy atom. The molecule has 3 aromatic heterocycles. The first-order chi connectivity index (χ1) is 13.8. The van der Waals surface area contributed by atoms with Crippen LogP contribution < -0.4 is 79.4 Å². The zero-order valence-corrected chi connectivity index (χ0v) is 21.4. The van der Waals surface area contributed by atoms with E-state index in [1.54, 1.807) is 0 Å². The molecule has 14 nitrogen and oxygen atoms in total. The SMILES string of the molecule is O=c1[nH]cnc2c1ncn2[C@@H]1O[C@@H](CP(=O)([O-])[O-])C(O)N(c2ncccn2)C1O.[Na+].[Na+]. The zero-order chi connectivity index (χ0) is 20.8. The quantitative estimate of drug-likeness (QED) is 0.241. The Morgan fingerprint density at radius 2 is 1.81 bits per heavy atom. The third-order valence-corrected chi connectivity index (χ3v) is 5.10. The van der Waals surface area contributed by atoms with Gasteiger partial charge in [0.2, 0.25) is 5.95 Å². The van der Waals surface area contributed by atoms with Crippen LogP contribution in [-0.2, 0) is 9.30 Å². The van der Waals surface area contributed by atoms with Gasteiger partial charge in [-0.3, -0.25) is 14.3 Å². The molecule has 4 atom stereocenters. The molecule has 0 amide bonds. The summed E-state index contributed by atoms with van der Waals surface area (Å²) in [7, 11) is -5.10. The second-order valence-corrected chi connectivity index (χ2v) is 7.78. The van der Waals surface area contributed by atoms with Gasteiger partial charge in [0.1, 0.15) is 6.10 Å². The van der Waals surface area contributed by atoms with Gasteiger partial charge in [-0.05, 0) is 6.07 Å². The number of aliphatic hydroxyl groups is 2. The molecular formula is C14H14N7Na2O7P. The number of aliphatic hydroxyl groups excluding tert-OH is 2. The van der Waals surface area contributed by atoms with Crippen LogP contribution in [0.2, 0.25) is 0 Å². The standard InChI is InChI=1S/C14H16N7O7P.2Na/c22-10-8-9(17-5-18-10)20(6-19-8)13-12(24)21(14-15-2-1-3-16-14)11(23)7(28-13)4-29(25,26)27;;/h1-3,5-7,11-13,23-24H,4H2,(H,17,18,22)(H2,25,26,27);;/q;2*+1/p-2/t7-,11?,12?,13+;;/m0../s1. The summed E-state index contributed by atoms with van der Waals surface area (Å²) in [6, 6.07) is 1.50. The average molecular weight is 469 g/mol. The Balaban J connectivity index is 0.00000171. The summed E-state index contributed by atoms with van der Waals surface area (Å²) in [4.78, 5) is 53.6. The Labute approximate surface area is 218 Å². The minimum Gasteiger partial charge on any atom is -0.811 e. The van der Waals surface area contributed by atoms with Crippen molar-refractivity contribution >= 4 is 24.7 Å². The van der Waals surface area contributed by atoms with Crippen molar-refractivity contribution in [2.75, 3.05) is 11.1 Å². The fourth-order valence-electron chi connectivity index (χ4n) is 3.07. The minimum atomic E-state index is -5.10. The number of anilines is 1. The molecule has 17 heteroatoms. The van der Waals surface area contributed by atoms with E-state index in [-0.39, 0.29) is 76.2 Å². The van der Waals surface area contributed by atoms with Gasteiger partial charge >= 0.3 is 59.1 Å². The Kier molecular flexibility index (Phi) is 8.95. The summed E-state index contributed by atoms with van der Waals surface area (Å²) < 4.78 is 18.0. The minimum absolute atomic E-state index is 0. The van der Waals surface area contributed by atoms with E-state index < -0.39 is 44.1 Å². The van der Waals surface area contributed by atoms with E-state index in [1.807, 2.05) is 0 Å². The number of fused-ring (bicyclic) bond motifs is 1. The summed E-state index contributed by atoms with van der Waals surface area (Å²) in [6.07, 6.45) is -2.40. The molecule has 4 rings (SSSR count). The molecule has 0 radical (unpaired) electrons. The van der Waals surface area contributed by atoms with Crippen LogP contribution >= 0.6 is 7.60 Å². The molecule has 31 heavy (non-hydrogen) atoms. The number of aromatic amines is 1. The maximum Gasteiger partial charge on any atom is 1.00 e. The van der Waals surface area contributed by atoms with Crippen LogP contribution in [0.5, 0.6) is 0 Å². The van der Waals surface area contributed by atoms with Crippen LogP contribution in [0.15, 0.2) is 35.9 Å². The molecule has 0 saturated carbocycles. The largest absolute Gasteiger partial charge is 1.00 e. The molecule has 3 aromatic rings. The van der Waals surface area contributed by atoms with E-state index in [1.165, 1.54) is 23.0 Å². The van der Waals surface area contributed by atoms with E-state index in [0.717, 1.165) is 17.6 Å². The van der Waals surface area contributed by atoms with Crippen molar-refractivity contribution in [1.29, 1.82) is 0 Å². The van der Waals surface area contributed by atoms with Crippen molar-refractivity contribution in [3.63, 3.8) is 0 Å². The molecule has 1 aliphatic heterocycles. The van der Waals surface area contributed by atoms with E-state index in [0.29, 0.717) is 0 Å². The van der Waals surface area contributed by atoms with Gasteiger partial charge < -0.3 is 34.3 Å². The Morgan fingerprint density at radius 1 is 1.13 bits per heavy atom. The van der Waals surface area contributed by atoms with Crippen LogP contribution in [0.4, 0.5) is 5.95 Å². The average Bonchev–Trinajstić information content (AvgIpc) is 3.09. The van der Waals surface area contributed by atoms with Gasteiger partial charge in [-0.15, -0.1) is 0 Å². The third kappa shape index (κ3) is 5.43. The van der Waals surface area contributed by atoms with Crippen molar-refractivity contribution in [3.8, 4) is 0 Å². The van der Waals surface area contributed by atoms with Crippen molar-refractivity contribution in [2.24, 2.45) is 0 Å². The van der Waals surface area contributed by atoms with E-state index in [2.05, 4.69) is 24.9 Å². The number of hydrogen-bond donors (Lipinski definition) is 3. The summed E-state index contributed by atoms with van der Waals surface area (Å²) >= 11 is 0. The van der Waals surface area contributed by atoms with Gasteiger partial charge in [-0.2, -0.15) is 0 Å². The number of morpholine rings is 1. The summed E-state index contributed by atoms with van der Waals surface area (Å²) in [5.41, 5.74) is -0.552. The molecule has 1 fully saturated rings. The number of nitrogens with one attached hydrogen (secondary N) is 1. The maximum absolute atomic E-state index is 11.9. The van der Waals surface area contributed by atoms with Crippen LogP contribution in [-0.4, -0.2) is 64.4 Å². The molecule has 0 spiro atoms. The van der Waals surface area contributed by atoms with Gasteiger partial charge in [0.05, 0.1) is 12.7 Å². The predicted octanol–water partition coefficient (Wildman–Crippen LogP) is -9.13. The third-order valence-electron chi connectivity index (χ3n) is 4.30. The number of aromatic nitrogens is 6. The van der Waals surface area contributed by atoms with E-state index in [4.69, 9.17) is 4.74 Å². The first kappa shape index (κ1) is 26.5. The molecule has 154 valence electrons. The van der Waals surface area contributed by atoms with Crippen molar-refractivity contribution in [1.82, 2.24) is 29.5 Å². The monoisotopic (exact) mass is 469 g/mol. The van der Waals surface area contributed by atoms with Gasteiger partial charge in [0.15, 0.2) is 29.8 Å². The molecule has 0 bridgehead atoms. The van der Waals surface area contributed by atoms with Crippen molar-refractivity contribution < 1.29 is 88.4 Å². The zero-order valence-electron chi connectivity index (χ0n) is 16.5. The molecule has 1 saturated heterocycles. The molecule has 1 aliphatic rings. The predicted molar refractivity (Wildman–Crippen MR) is 91.1 cm³/mol. The normalized spacial score (nSPS) is 23.8. The van der Waals surface area contributed by atoms with E-state index >= 15 is 0 Å². The molecule has 3 N–H and O–H groups in total. The van der Waals surface area contributed by atoms with Crippen LogP contribution in [0.3, 0.4) is 0 Å². The number of rotatable bonds is 4. The smallest absolute Gasteiger partial charge is 0.811 e. The fourth-order valence-corrected chi connectivity index (χ4v) is 3.79.